The van der Waals surface area contributed by atoms with Crippen molar-refractivity contribution < 1.29 is 31.9 Å². The molecule has 0 amide bonds. The van der Waals surface area contributed by atoms with Crippen molar-refractivity contribution in [1.82, 2.24) is 19.9 Å². The van der Waals surface area contributed by atoms with Gasteiger partial charge in [0, 0.05) is 23.2 Å². The van der Waals surface area contributed by atoms with Crippen molar-refractivity contribution in [2.75, 3.05) is 11.1 Å². The molecule has 3 rings (SSSR count). The fraction of sp³-hybridized carbons (Fsp3) is 0.300. The number of hydrogen-bond donors (Lipinski definition) is 3. The van der Waals surface area contributed by atoms with Gasteiger partial charge in [0.15, 0.2) is 17.5 Å². The number of anilines is 1. The molecule has 13 heteroatoms. The molecule has 0 fully saturated rings. The lowest BCUT2D eigenvalue weighted by molar-refractivity contribution is -0.141. The van der Waals surface area contributed by atoms with Gasteiger partial charge in [0.05, 0.1) is 17.9 Å². The van der Waals surface area contributed by atoms with Gasteiger partial charge in [0.1, 0.15) is 16.5 Å². The van der Waals surface area contributed by atoms with E-state index >= 15 is 0 Å². The van der Waals surface area contributed by atoms with Gasteiger partial charge in [-0.05, 0) is 19.9 Å². The third kappa shape index (κ3) is 6.40. The molecule has 3 aromatic rings. The molecule has 3 N–H and O–H groups in total. The summed E-state index contributed by atoms with van der Waals surface area (Å²) < 4.78 is 66.6. The van der Waals surface area contributed by atoms with Crippen LogP contribution in [-0.2, 0) is 4.79 Å². The maximum atomic E-state index is 14.9. The summed E-state index contributed by atoms with van der Waals surface area (Å²) in [7, 11) is 0. The van der Waals surface area contributed by atoms with Crippen LogP contribution in [0.1, 0.15) is 13.8 Å². The molecule has 7 nitrogen and oxygen atoms in total. The van der Waals surface area contributed by atoms with Crippen molar-refractivity contribution in [2.45, 2.75) is 31.1 Å². The predicted octanol–water partition coefficient (Wildman–Crippen LogP) is 5.28. The second-order valence-electron chi connectivity index (χ2n) is 6.73. The zero-order valence-corrected chi connectivity index (χ0v) is 18.3. The molecule has 0 saturated heterocycles. The highest BCUT2D eigenvalue weighted by atomic mass is 32.2. The van der Waals surface area contributed by atoms with Gasteiger partial charge in [0.25, 0.3) is 0 Å². The summed E-state index contributed by atoms with van der Waals surface area (Å²) in [6.07, 6.45) is -2.23. The van der Waals surface area contributed by atoms with E-state index in [1.54, 1.807) is 0 Å². The van der Waals surface area contributed by atoms with E-state index in [0.29, 0.717) is 0 Å². The molecule has 2 unspecified atom stereocenters. The highest BCUT2D eigenvalue weighted by Gasteiger charge is 2.30. The number of nitrogens with zero attached hydrogens (tertiary/aromatic N) is 3. The summed E-state index contributed by atoms with van der Waals surface area (Å²) in [4.78, 5) is 25.7. The Bertz CT molecular complexity index is 1140. The van der Waals surface area contributed by atoms with E-state index in [-0.39, 0.29) is 34.2 Å². The molecular formula is C20H20F5N5O2S. The highest BCUT2D eigenvalue weighted by molar-refractivity contribution is 7.99. The molecule has 0 aliphatic rings. The van der Waals surface area contributed by atoms with Gasteiger partial charge in [-0.3, -0.25) is 4.79 Å². The number of hydrogen-bond acceptors (Lipinski definition) is 6. The third-order valence-corrected chi connectivity index (χ3v) is 5.45. The molecule has 0 aliphatic heterocycles. The predicted molar refractivity (Wildman–Crippen MR) is 115 cm³/mol. The number of fused-ring (bicyclic) bond motifs is 1. The molecule has 3 heterocycles. The van der Waals surface area contributed by atoms with Crippen LogP contribution in [0.3, 0.4) is 0 Å². The maximum absolute atomic E-state index is 14.9. The van der Waals surface area contributed by atoms with E-state index in [1.807, 2.05) is 0 Å². The van der Waals surface area contributed by atoms with Gasteiger partial charge in [0.2, 0.25) is 0 Å². The van der Waals surface area contributed by atoms with Crippen LogP contribution in [-0.4, -0.2) is 49.0 Å². The second kappa shape index (κ2) is 10.6. The van der Waals surface area contributed by atoms with Crippen LogP contribution >= 0.6 is 11.8 Å². The van der Waals surface area contributed by atoms with E-state index in [2.05, 4.69) is 38.4 Å². The molecule has 3 aromatic heterocycles. The summed E-state index contributed by atoms with van der Waals surface area (Å²) in [5.41, 5.74) is 0.467. The number of thioether (sulfide) groups is 1. The molecule has 178 valence electrons. The third-order valence-electron chi connectivity index (χ3n) is 4.44. The first-order chi connectivity index (χ1) is 15.5. The number of carboxylic acids is 1. The van der Waals surface area contributed by atoms with Gasteiger partial charge in [-0.25, -0.2) is 19.3 Å². The van der Waals surface area contributed by atoms with Crippen molar-refractivity contribution in [3.05, 3.63) is 43.3 Å². The average molecular weight is 489 g/mol. The molecule has 0 bridgehead atoms. The number of aromatic nitrogens is 4. The lowest BCUT2D eigenvalue weighted by Crippen LogP contribution is -2.30. The van der Waals surface area contributed by atoms with Crippen LogP contribution in [0.5, 0.6) is 0 Å². The Morgan fingerprint density at radius 2 is 1.94 bits per heavy atom. The molecule has 0 aliphatic carbocycles. The Morgan fingerprint density at radius 3 is 2.55 bits per heavy atom. The molecule has 33 heavy (non-hydrogen) atoms. The Kier molecular flexibility index (Phi) is 8.36. The first-order valence-corrected chi connectivity index (χ1v) is 10.3. The fourth-order valence-corrected chi connectivity index (χ4v) is 3.28. The minimum atomic E-state index is -4.57. The summed E-state index contributed by atoms with van der Waals surface area (Å²) in [5.74, 6) is -5.95. The van der Waals surface area contributed by atoms with Crippen LogP contribution in [0, 0.1) is 17.6 Å². The van der Waals surface area contributed by atoms with E-state index in [4.69, 9.17) is 5.11 Å². The Morgan fingerprint density at radius 1 is 1.27 bits per heavy atom. The number of pyridine rings is 1. The SMILES string of the molecule is C=C.CC(Nc1nc(-c2c[nH]c3ncc(F)cc23)nc(SCC(F)(F)F)c1F)C(C)C(=O)O. The number of rotatable bonds is 7. The number of aromatic amines is 1. The summed E-state index contributed by atoms with van der Waals surface area (Å²) in [6, 6.07) is 0.323. The standard InChI is InChI=1S/C18H16F5N5O2S.C2H4/c1-7(17(29)30)8(2)26-15-12(20)16(31-6-18(21,22)23)28-14(27-15)11-5-25-13-10(11)3-9(19)4-24-13;1-2/h3-5,7-8H,6H2,1-2H3,(H,24,25)(H,29,30)(H,26,27,28);1-2H2. The van der Waals surface area contributed by atoms with Crippen LogP contribution in [0.15, 0.2) is 36.6 Å². The van der Waals surface area contributed by atoms with E-state index in [0.717, 1.165) is 12.3 Å². The number of carbonyl (C=O) groups is 1. The van der Waals surface area contributed by atoms with Gasteiger partial charge in [-0.2, -0.15) is 17.6 Å². The van der Waals surface area contributed by atoms with Gasteiger partial charge >= 0.3 is 12.1 Å². The van der Waals surface area contributed by atoms with Crippen molar-refractivity contribution in [3.63, 3.8) is 0 Å². The van der Waals surface area contributed by atoms with Crippen LogP contribution in [0.4, 0.5) is 27.8 Å². The number of carboxylic acid groups (broad SMARTS) is 1. The van der Waals surface area contributed by atoms with Gasteiger partial charge in [-0.15, -0.1) is 13.2 Å². The van der Waals surface area contributed by atoms with E-state index in [9.17, 15) is 26.7 Å². The smallest absolute Gasteiger partial charge is 0.398 e. The summed E-state index contributed by atoms with van der Waals surface area (Å²) in [6.45, 7) is 8.85. The lowest BCUT2D eigenvalue weighted by Gasteiger charge is -2.20. The minimum Gasteiger partial charge on any atom is -0.481 e. The lowest BCUT2D eigenvalue weighted by atomic mass is 10.0. The first kappa shape index (κ1) is 26.0. The summed E-state index contributed by atoms with van der Waals surface area (Å²) >= 11 is 0.123. The number of alkyl halides is 3. The molecule has 0 radical (unpaired) electrons. The maximum Gasteiger partial charge on any atom is 0.398 e. The molecule has 2 atom stereocenters. The molecular weight excluding hydrogens is 469 g/mol. The van der Waals surface area contributed by atoms with E-state index in [1.165, 1.54) is 20.0 Å². The molecule has 0 aromatic carbocycles. The topological polar surface area (TPSA) is 104 Å². The zero-order chi connectivity index (χ0) is 24.9. The summed E-state index contributed by atoms with van der Waals surface area (Å²) in [5, 5.41) is 11.4. The van der Waals surface area contributed by atoms with Crippen LogP contribution in [0.2, 0.25) is 0 Å². The van der Waals surface area contributed by atoms with E-state index < -0.39 is 52.3 Å². The van der Waals surface area contributed by atoms with Crippen molar-refractivity contribution in [3.8, 4) is 11.4 Å². The second-order valence-corrected chi connectivity index (χ2v) is 7.69. The largest absolute Gasteiger partial charge is 0.481 e. The van der Waals surface area contributed by atoms with Crippen LogP contribution in [0.25, 0.3) is 22.4 Å². The number of halogens is 5. The first-order valence-electron chi connectivity index (χ1n) is 9.35. The van der Waals surface area contributed by atoms with Gasteiger partial charge in [-0.1, -0.05) is 11.8 Å². The van der Waals surface area contributed by atoms with Crippen LogP contribution < -0.4 is 5.32 Å². The van der Waals surface area contributed by atoms with Gasteiger partial charge < -0.3 is 15.4 Å². The monoisotopic (exact) mass is 489 g/mol. The molecule has 0 saturated carbocycles. The Balaban J connectivity index is 0.00000187. The zero-order valence-electron chi connectivity index (χ0n) is 17.5. The Labute approximate surface area is 189 Å². The Hall–Kier alpha value is -3.22. The number of nitrogens with one attached hydrogen (secondary N) is 2. The quantitative estimate of drug-likeness (QED) is 0.180. The van der Waals surface area contributed by atoms with Crippen molar-refractivity contribution >= 4 is 34.6 Å². The average Bonchev–Trinajstić information content (AvgIpc) is 3.17. The highest BCUT2D eigenvalue weighted by Crippen LogP contribution is 2.34. The number of H-pyrrole nitrogens is 1. The fourth-order valence-electron chi connectivity index (χ4n) is 2.61. The number of aliphatic carboxylic acids is 1. The molecule has 0 spiro atoms. The minimum absolute atomic E-state index is 0.123. The van der Waals surface area contributed by atoms with Crippen molar-refractivity contribution in [1.29, 1.82) is 0 Å². The normalized spacial score (nSPS) is 13.2. The van der Waals surface area contributed by atoms with Crippen molar-refractivity contribution in [2.24, 2.45) is 5.92 Å².